The van der Waals surface area contributed by atoms with Crippen LogP contribution in [0.2, 0.25) is 0 Å². The zero-order valence-corrected chi connectivity index (χ0v) is 9.88. The third kappa shape index (κ3) is 2.27. The third-order valence-electron chi connectivity index (χ3n) is 2.73. The average Bonchev–Trinajstić information content (AvgIpc) is 2.69. The maximum Gasteiger partial charge on any atom is 0.419 e. The highest BCUT2D eigenvalue weighted by Crippen LogP contribution is 2.37. The second-order valence-corrected chi connectivity index (χ2v) is 3.89. The first-order chi connectivity index (χ1) is 8.86. The van der Waals surface area contributed by atoms with Crippen molar-refractivity contribution in [2.24, 2.45) is 0 Å². The molecule has 0 aliphatic carbocycles. The van der Waals surface area contributed by atoms with E-state index in [2.05, 4.69) is 5.16 Å². The zero-order valence-electron chi connectivity index (χ0n) is 9.88. The van der Waals surface area contributed by atoms with Gasteiger partial charge in [0.15, 0.2) is 0 Å². The molecule has 19 heavy (non-hydrogen) atoms. The molecular weight excluding hydrogens is 264 g/mol. The van der Waals surface area contributed by atoms with Crippen molar-refractivity contribution in [3.63, 3.8) is 0 Å². The molecule has 0 fully saturated rings. The van der Waals surface area contributed by atoms with Crippen LogP contribution >= 0.6 is 0 Å². The number of alkyl halides is 3. The SMILES string of the molecule is CCc1c(-c2cccc(C(F)(F)F)c2F)noc1N. The summed E-state index contributed by atoms with van der Waals surface area (Å²) in [6.45, 7) is 1.72. The standard InChI is InChI=1S/C12H10F4N2O/c1-2-6-10(18-19-11(6)17)7-4-3-5-8(9(7)13)12(14,15)16/h3-5H,2,17H2,1H3. The molecule has 102 valence electrons. The third-order valence-corrected chi connectivity index (χ3v) is 2.73. The van der Waals surface area contributed by atoms with E-state index in [1.165, 1.54) is 6.07 Å². The van der Waals surface area contributed by atoms with E-state index < -0.39 is 17.6 Å². The first-order valence-electron chi connectivity index (χ1n) is 5.46. The fraction of sp³-hybridized carbons (Fsp3) is 0.250. The van der Waals surface area contributed by atoms with Crippen molar-refractivity contribution in [3.8, 4) is 11.3 Å². The van der Waals surface area contributed by atoms with Crippen LogP contribution in [0.1, 0.15) is 18.1 Å². The Bertz CT molecular complexity index is 604. The highest BCUT2D eigenvalue weighted by molar-refractivity contribution is 5.68. The molecule has 1 aromatic carbocycles. The van der Waals surface area contributed by atoms with Gasteiger partial charge < -0.3 is 10.3 Å². The van der Waals surface area contributed by atoms with Crippen LogP contribution < -0.4 is 5.73 Å². The van der Waals surface area contributed by atoms with Gasteiger partial charge in [-0.05, 0) is 18.6 Å². The summed E-state index contributed by atoms with van der Waals surface area (Å²) in [6.07, 6.45) is -4.39. The molecule has 0 aliphatic heterocycles. The molecule has 0 aliphatic rings. The molecular formula is C12H10F4N2O. The van der Waals surface area contributed by atoms with Gasteiger partial charge in [-0.2, -0.15) is 13.2 Å². The number of rotatable bonds is 2. The van der Waals surface area contributed by atoms with Gasteiger partial charge in [-0.15, -0.1) is 0 Å². The first-order valence-corrected chi connectivity index (χ1v) is 5.46. The van der Waals surface area contributed by atoms with Crippen molar-refractivity contribution < 1.29 is 22.1 Å². The van der Waals surface area contributed by atoms with Gasteiger partial charge in [0.05, 0.1) is 5.56 Å². The maximum absolute atomic E-state index is 13.9. The molecule has 2 aromatic rings. The lowest BCUT2D eigenvalue weighted by Crippen LogP contribution is -2.09. The Morgan fingerprint density at radius 2 is 2.00 bits per heavy atom. The predicted octanol–water partition coefficient (Wildman–Crippen LogP) is 3.64. The van der Waals surface area contributed by atoms with E-state index in [9.17, 15) is 17.6 Å². The van der Waals surface area contributed by atoms with E-state index in [-0.39, 0.29) is 17.1 Å². The summed E-state index contributed by atoms with van der Waals surface area (Å²) in [5.74, 6) is -1.40. The maximum atomic E-state index is 13.9. The highest BCUT2D eigenvalue weighted by Gasteiger charge is 2.35. The van der Waals surface area contributed by atoms with E-state index in [4.69, 9.17) is 10.3 Å². The van der Waals surface area contributed by atoms with Crippen LogP contribution in [-0.4, -0.2) is 5.16 Å². The lowest BCUT2D eigenvalue weighted by Gasteiger charge is -2.10. The molecule has 0 spiro atoms. The van der Waals surface area contributed by atoms with Gasteiger partial charge in [0.1, 0.15) is 11.5 Å². The number of halogens is 4. The molecule has 0 amide bonds. The number of benzene rings is 1. The lowest BCUT2D eigenvalue weighted by molar-refractivity contribution is -0.139. The normalized spacial score (nSPS) is 11.8. The van der Waals surface area contributed by atoms with Gasteiger partial charge in [0, 0.05) is 11.1 Å². The summed E-state index contributed by atoms with van der Waals surface area (Å²) in [5, 5.41) is 3.53. The summed E-state index contributed by atoms with van der Waals surface area (Å²) >= 11 is 0. The lowest BCUT2D eigenvalue weighted by atomic mass is 10.0. The van der Waals surface area contributed by atoms with Crippen molar-refractivity contribution in [2.45, 2.75) is 19.5 Å². The second-order valence-electron chi connectivity index (χ2n) is 3.89. The monoisotopic (exact) mass is 274 g/mol. The van der Waals surface area contributed by atoms with E-state index in [1.807, 2.05) is 0 Å². The molecule has 0 saturated heterocycles. The van der Waals surface area contributed by atoms with Crippen molar-refractivity contribution in [1.82, 2.24) is 5.16 Å². The topological polar surface area (TPSA) is 52.0 Å². The molecule has 0 unspecified atom stereocenters. The molecule has 0 radical (unpaired) electrons. The minimum atomic E-state index is -4.76. The van der Waals surface area contributed by atoms with Crippen LogP contribution in [0.25, 0.3) is 11.3 Å². The summed E-state index contributed by atoms with van der Waals surface area (Å²) < 4.78 is 56.5. The van der Waals surface area contributed by atoms with Crippen molar-refractivity contribution in [3.05, 3.63) is 35.1 Å². The molecule has 1 aromatic heterocycles. The Morgan fingerprint density at radius 3 is 2.58 bits per heavy atom. The van der Waals surface area contributed by atoms with Gasteiger partial charge in [0.2, 0.25) is 5.88 Å². The van der Waals surface area contributed by atoms with E-state index >= 15 is 0 Å². The fourth-order valence-corrected chi connectivity index (χ4v) is 1.81. The molecule has 2 rings (SSSR count). The molecule has 0 bridgehead atoms. The smallest absolute Gasteiger partial charge is 0.367 e. The average molecular weight is 274 g/mol. The summed E-state index contributed by atoms with van der Waals surface area (Å²) in [6, 6.07) is 3.00. The van der Waals surface area contributed by atoms with Crippen molar-refractivity contribution in [2.75, 3.05) is 5.73 Å². The quantitative estimate of drug-likeness (QED) is 0.850. The first kappa shape index (κ1) is 13.4. The Kier molecular flexibility index (Phi) is 3.21. The second kappa shape index (κ2) is 4.56. The minimum Gasteiger partial charge on any atom is -0.367 e. The summed E-state index contributed by atoms with van der Waals surface area (Å²) in [7, 11) is 0. The Hall–Kier alpha value is -2.05. The molecule has 0 saturated carbocycles. The van der Waals surface area contributed by atoms with Crippen LogP contribution in [-0.2, 0) is 12.6 Å². The van der Waals surface area contributed by atoms with Crippen molar-refractivity contribution >= 4 is 5.88 Å². The number of nitrogen functional groups attached to an aromatic ring is 1. The fourth-order valence-electron chi connectivity index (χ4n) is 1.81. The van der Waals surface area contributed by atoms with Crippen molar-refractivity contribution in [1.29, 1.82) is 0 Å². The molecule has 3 nitrogen and oxygen atoms in total. The van der Waals surface area contributed by atoms with Crippen LogP contribution in [0, 0.1) is 5.82 Å². The van der Waals surface area contributed by atoms with Crippen LogP contribution in [0.5, 0.6) is 0 Å². The van der Waals surface area contributed by atoms with Gasteiger partial charge in [-0.25, -0.2) is 4.39 Å². The molecule has 1 heterocycles. The highest BCUT2D eigenvalue weighted by atomic mass is 19.4. The van der Waals surface area contributed by atoms with Crippen LogP contribution in [0.3, 0.4) is 0 Å². The van der Waals surface area contributed by atoms with Gasteiger partial charge in [-0.1, -0.05) is 18.1 Å². The van der Waals surface area contributed by atoms with Crippen LogP contribution in [0.4, 0.5) is 23.4 Å². The number of hydrogen-bond donors (Lipinski definition) is 1. The number of hydrogen-bond acceptors (Lipinski definition) is 3. The van der Waals surface area contributed by atoms with Gasteiger partial charge in [0.25, 0.3) is 0 Å². The number of nitrogens with zero attached hydrogens (tertiary/aromatic N) is 1. The largest absolute Gasteiger partial charge is 0.419 e. The van der Waals surface area contributed by atoms with Gasteiger partial charge in [-0.3, -0.25) is 0 Å². The minimum absolute atomic E-state index is 0.00333. The van der Waals surface area contributed by atoms with E-state index in [0.29, 0.717) is 18.1 Å². The Morgan fingerprint density at radius 1 is 1.32 bits per heavy atom. The van der Waals surface area contributed by atoms with E-state index in [1.54, 1.807) is 6.92 Å². The zero-order chi connectivity index (χ0) is 14.2. The van der Waals surface area contributed by atoms with Crippen LogP contribution in [0.15, 0.2) is 22.7 Å². The summed E-state index contributed by atoms with van der Waals surface area (Å²) in [4.78, 5) is 0. The molecule has 2 N–H and O–H groups in total. The summed E-state index contributed by atoms with van der Waals surface area (Å²) in [5.41, 5.74) is 4.27. The Labute approximate surface area is 106 Å². The van der Waals surface area contributed by atoms with Gasteiger partial charge >= 0.3 is 6.18 Å². The number of anilines is 1. The predicted molar refractivity (Wildman–Crippen MR) is 60.7 cm³/mol. The Balaban J connectivity index is 2.64. The molecule has 0 atom stereocenters. The number of aromatic nitrogens is 1. The molecule has 7 heteroatoms. The van der Waals surface area contributed by atoms with E-state index in [0.717, 1.165) is 6.07 Å². The number of nitrogens with two attached hydrogens (primary N) is 1.